The number of para-hydroxylation sites is 1. The third-order valence-electron chi connectivity index (χ3n) is 3.99. The van der Waals surface area contributed by atoms with Gasteiger partial charge in [-0.15, -0.1) is 0 Å². The number of hydrogen-bond acceptors (Lipinski definition) is 4. The van der Waals surface area contributed by atoms with Crippen LogP contribution in [0.4, 0.5) is 5.69 Å². The van der Waals surface area contributed by atoms with Gasteiger partial charge < -0.3 is 15.1 Å². The normalized spacial score (nSPS) is 21.0. The van der Waals surface area contributed by atoms with Gasteiger partial charge in [-0.3, -0.25) is 9.59 Å². The lowest BCUT2D eigenvalue weighted by atomic mass is 9.80. The third-order valence-corrected chi connectivity index (χ3v) is 3.99. The average Bonchev–Trinajstić information content (AvgIpc) is 2.53. The van der Waals surface area contributed by atoms with Crippen molar-refractivity contribution in [2.45, 2.75) is 12.5 Å². The minimum absolute atomic E-state index is 0.0937. The maximum atomic E-state index is 12.7. The molecule has 3 rings (SSSR count). The van der Waals surface area contributed by atoms with Crippen LogP contribution in [0.1, 0.15) is 21.5 Å². The molecule has 1 aliphatic heterocycles. The van der Waals surface area contributed by atoms with Gasteiger partial charge in [-0.05, 0) is 31.2 Å². The predicted molar refractivity (Wildman–Crippen MR) is 80.9 cm³/mol. The largest absolute Gasteiger partial charge is 0.508 e. The first-order valence-corrected chi connectivity index (χ1v) is 6.82. The van der Waals surface area contributed by atoms with Gasteiger partial charge >= 0.3 is 0 Å². The number of fused-ring (bicyclic) bond motifs is 1. The van der Waals surface area contributed by atoms with Crippen molar-refractivity contribution in [3.8, 4) is 5.75 Å². The number of carbonyl (C=O) groups is 2. The summed E-state index contributed by atoms with van der Waals surface area (Å²) in [7, 11) is 1.49. The van der Waals surface area contributed by atoms with Crippen LogP contribution in [0.2, 0.25) is 0 Å². The van der Waals surface area contributed by atoms with Crippen molar-refractivity contribution in [3.63, 3.8) is 0 Å². The number of Topliss-reactive ketones (excluding diaryl/α,β-unsaturated/α-hetero) is 1. The fraction of sp³-hybridized carbons (Fsp3) is 0.176. The Labute approximate surface area is 127 Å². The zero-order chi connectivity index (χ0) is 16.1. The van der Waals surface area contributed by atoms with E-state index in [-0.39, 0.29) is 16.9 Å². The molecule has 0 aromatic heterocycles. The van der Waals surface area contributed by atoms with Gasteiger partial charge in [0, 0.05) is 18.2 Å². The van der Waals surface area contributed by atoms with Crippen LogP contribution in [0.15, 0.2) is 42.5 Å². The van der Waals surface area contributed by atoms with Gasteiger partial charge in [0.2, 0.25) is 11.4 Å². The average molecular weight is 297 g/mol. The molecule has 0 spiro atoms. The molecule has 0 saturated carbocycles. The van der Waals surface area contributed by atoms with Crippen molar-refractivity contribution >= 4 is 17.4 Å². The molecule has 0 fully saturated rings. The van der Waals surface area contributed by atoms with E-state index in [1.165, 1.54) is 24.1 Å². The number of phenols is 1. The van der Waals surface area contributed by atoms with E-state index in [1.54, 1.807) is 37.3 Å². The number of carbonyl (C=O) groups excluding carboxylic acids is 2. The molecule has 1 unspecified atom stereocenters. The number of nitrogens with zero attached hydrogens (tertiary/aromatic N) is 1. The van der Waals surface area contributed by atoms with Crippen LogP contribution in [-0.2, 0) is 10.4 Å². The zero-order valence-corrected chi connectivity index (χ0v) is 12.2. The smallest absolute Gasteiger partial charge is 0.271 e. The van der Waals surface area contributed by atoms with Gasteiger partial charge in [0.1, 0.15) is 5.75 Å². The Morgan fingerprint density at radius 3 is 2.50 bits per heavy atom. The number of rotatable bonds is 1. The number of ketones is 1. The Bertz CT molecular complexity index is 799. The molecule has 1 aliphatic rings. The van der Waals surface area contributed by atoms with Gasteiger partial charge in [0.25, 0.3) is 5.91 Å². The first kappa shape index (κ1) is 14.3. The zero-order valence-electron chi connectivity index (χ0n) is 12.2. The van der Waals surface area contributed by atoms with Crippen LogP contribution in [0, 0.1) is 6.92 Å². The number of anilines is 1. The number of phenolic OH excluding ortho intramolecular Hbond substituents is 1. The van der Waals surface area contributed by atoms with E-state index < -0.39 is 17.3 Å². The van der Waals surface area contributed by atoms with E-state index in [1.807, 2.05) is 0 Å². The monoisotopic (exact) mass is 297 g/mol. The predicted octanol–water partition coefficient (Wildman–Crippen LogP) is 1.75. The van der Waals surface area contributed by atoms with Crippen LogP contribution in [-0.4, -0.2) is 29.0 Å². The number of aliphatic hydroxyl groups is 1. The molecule has 0 bridgehead atoms. The number of hydrogen-bond donors (Lipinski definition) is 2. The highest BCUT2D eigenvalue weighted by Gasteiger charge is 2.53. The van der Waals surface area contributed by atoms with Crippen LogP contribution >= 0.6 is 0 Å². The molecule has 5 heteroatoms. The lowest BCUT2D eigenvalue weighted by Gasteiger charge is -2.36. The van der Waals surface area contributed by atoms with Crippen molar-refractivity contribution in [1.82, 2.24) is 0 Å². The summed E-state index contributed by atoms with van der Waals surface area (Å²) in [4.78, 5) is 26.6. The quantitative estimate of drug-likeness (QED) is 0.786. The van der Waals surface area contributed by atoms with Crippen molar-refractivity contribution in [2.24, 2.45) is 0 Å². The molecule has 0 saturated heterocycles. The molecule has 112 valence electrons. The molecule has 5 nitrogen and oxygen atoms in total. The second kappa shape index (κ2) is 4.68. The molecular formula is C17H15NO4. The Morgan fingerprint density at radius 1 is 1.09 bits per heavy atom. The molecule has 1 amide bonds. The first-order chi connectivity index (χ1) is 10.4. The van der Waals surface area contributed by atoms with Gasteiger partial charge in [-0.2, -0.15) is 0 Å². The fourth-order valence-electron chi connectivity index (χ4n) is 2.78. The summed E-state index contributed by atoms with van der Waals surface area (Å²) in [6.07, 6.45) is 0. The van der Waals surface area contributed by atoms with Crippen LogP contribution in [0.3, 0.4) is 0 Å². The van der Waals surface area contributed by atoms with Crippen molar-refractivity contribution in [1.29, 1.82) is 0 Å². The Balaban J connectivity index is 2.29. The molecule has 2 N–H and O–H groups in total. The maximum Gasteiger partial charge on any atom is 0.271 e. The van der Waals surface area contributed by atoms with Crippen LogP contribution < -0.4 is 4.90 Å². The maximum absolute atomic E-state index is 12.7. The lowest BCUT2D eigenvalue weighted by Crippen LogP contribution is -2.54. The number of aromatic hydroxyl groups is 1. The fourth-order valence-corrected chi connectivity index (χ4v) is 2.78. The van der Waals surface area contributed by atoms with Crippen molar-refractivity contribution in [2.75, 3.05) is 11.9 Å². The second-order valence-corrected chi connectivity index (χ2v) is 5.44. The highest BCUT2D eigenvalue weighted by Crippen LogP contribution is 2.40. The molecular weight excluding hydrogens is 282 g/mol. The van der Waals surface area contributed by atoms with E-state index >= 15 is 0 Å². The number of amides is 1. The summed E-state index contributed by atoms with van der Waals surface area (Å²) < 4.78 is 0. The summed E-state index contributed by atoms with van der Waals surface area (Å²) in [5.41, 5.74) is -1.10. The molecule has 22 heavy (non-hydrogen) atoms. The molecule has 1 atom stereocenters. The van der Waals surface area contributed by atoms with E-state index in [9.17, 15) is 19.8 Å². The van der Waals surface area contributed by atoms with E-state index in [2.05, 4.69) is 0 Å². The number of likely N-dealkylation sites (N-methyl/N-ethyl adjacent to an activating group) is 1. The standard InChI is InChI=1S/C17H15NO4/c1-10-7-8-14(19)12(9-10)17(22)15(20)11-5-3-4-6-13(11)18(2)16(17)21/h3-9,19,22H,1-2H3. The SMILES string of the molecule is Cc1ccc(O)c(C2(O)C(=O)c3ccccc3N(C)C2=O)c1. The highest BCUT2D eigenvalue weighted by molar-refractivity contribution is 6.27. The summed E-state index contributed by atoms with van der Waals surface area (Å²) in [6, 6.07) is 11.0. The lowest BCUT2D eigenvalue weighted by molar-refractivity contribution is -0.133. The first-order valence-electron chi connectivity index (χ1n) is 6.82. The van der Waals surface area contributed by atoms with Crippen LogP contribution in [0.25, 0.3) is 0 Å². The van der Waals surface area contributed by atoms with E-state index in [0.717, 1.165) is 5.56 Å². The topological polar surface area (TPSA) is 77.8 Å². The molecule has 2 aromatic rings. The Hall–Kier alpha value is -2.66. The molecule has 0 radical (unpaired) electrons. The Morgan fingerprint density at radius 2 is 1.77 bits per heavy atom. The summed E-state index contributed by atoms with van der Waals surface area (Å²) in [6.45, 7) is 1.75. The summed E-state index contributed by atoms with van der Waals surface area (Å²) in [5, 5.41) is 20.9. The highest BCUT2D eigenvalue weighted by atomic mass is 16.3. The van der Waals surface area contributed by atoms with Gasteiger partial charge in [-0.1, -0.05) is 23.8 Å². The van der Waals surface area contributed by atoms with Crippen molar-refractivity contribution in [3.05, 3.63) is 59.2 Å². The van der Waals surface area contributed by atoms with Gasteiger partial charge in [0.05, 0.1) is 5.69 Å². The Kier molecular flexibility index (Phi) is 3.04. The second-order valence-electron chi connectivity index (χ2n) is 5.44. The van der Waals surface area contributed by atoms with E-state index in [4.69, 9.17) is 0 Å². The third kappa shape index (κ3) is 1.76. The summed E-state index contributed by atoms with van der Waals surface area (Å²) in [5.74, 6) is -1.80. The minimum Gasteiger partial charge on any atom is -0.508 e. The molecule has 2 aromatic carbocycles. The van der Waals surface area contributed by atoms with E-state index in [0.29, 0.717) is 5.69 Å². The van der Waals surface area contributed by atoms with Crippen LogP contribution in [0.5, 0.6) is 5.75 Å². The molecule has 0 aliphatic carbocycles. The van der Waals surface area contributed by atoms with Gasteiger partial charge in [0.15, 0.2) is 0 Å². The minimum atomic E-state index is -2.42. The number of benzene rings is 2. The molecule has 1 heterocycles. The summed E-state index contributed by atoms with van der Waals surface area (Å²) >= 11 is 0. The van der Waals surface area contributed by atoms with Gasteiger partial charge in [-0.25, -0.2) is 0 Å². The number of aryl methyl sites for hydroxylation is 1. The van der Waals surface area contributed by atoms with Crippen molar-refractivity contribution < 1.29 is 19.8 Å².